The standard InChI is InChI=1S/C21H14Cl2O/c1-13-2-11-19-18(12-13)20(14-3-7-16(22)8-4-14)21(24-19)15-5-9-17(23)10-6-15/h2-12H,1H3. The van der Waals surface area contributed by atoms with Gasteiger partial charge in [-0.3, -0.25) is 0 Å². The van der Waals surface area contributed by atoms with Gasteiger partial charge in [-0.2, -0.15) is 0 Å². The number of aryl methyl sites for hydroxylation is 1. The molecule has 24 heavy (non-hydrogen) atoms. The molecule has 118 valence electrons. The minimum atomic E-state index is 0.707. The molecule has 1 aromatic heterocycles. The van der Waals surface area contributed by atoms with Gasteiger partial charge in [-0.15, -0.1) is 0 Å². The number of fused-ring (bicyclic) bond motifs is 1. The van der Waals surface area contributed by atoms with E-state index in [4.69, 9.17) is 27.6 Å². The van der Waals surface area contributed by atoms with Crippen molar-refractivity contribution in [2.45, 2.75) is 6.92 Å². The van der Waals surface area contributed by atoms with Gasteiger partial charge in [-0.05, 0) is 61.0 Å². The fourth-order valence-electron chi connectivity index (χ4n) is 2.92. The Morgan fingerprint density at radius 2 is 1.29 bits per heavy atom. The first kappa shape index (κ1) is 15.3. The maximum absolute atomic E-state index is 6.19. The van der Waals surface area contributed by atoms with Crippen LogP contribution in [0, 0.1) is 6.92 Å². The van der Waals surface area contributed by atoms with Gasteiger partial charge in [0.05, 0.1) is 0 Å². The Kier molecular flexibility index (Phi) is 3.84. The van der Waals surface area contributed by atoms with Gasteiger partial charge in [0.1, 0.15) is 11.3 Å². The predicted molar refractivity (Wildman–Crippen MR) is 102 cm³/mol. The van der Waals surface area contributed by atoms with Crippen LogP contribution < -0.4 is 0 Å². The van der Waals surface area contributed by atoms with Crippen LogP contribution in [-0.2, 0) is 0 Å². The Labute approximate surface area is 150 Å². The average molecular weight is 353 g/mol. The van der Waals surface area contributed by atoms with Crippen LogP contribution in [0.5, 0.6) is 0 Å². The van der Waals surface area contributed by atoms with Gasteiger partial charge in [-0.25, -0.2) is 0 Å². The van der Waals surface area contributed by atoms with E-state index in [1.807, 2.05) is 54.6 Å². The molecule has 4 rings (SSSR count). The third-order valence-corrected chi connectivity index (χ3v) is 4.59. The summed E-state index contributed by atoms with van der Waals surface area (Å²) in [6.45, 7) is 2.08. The van der Waals surface area contributed by atoms with E-state index in [9.17, 15) is 0 Å². The third kappa shape index (κ3) is 2.71. The van der Waals surface area contributed by atoms with Gasteiger partial charge < -0.3 is 4.42 Å². The van der Waals surface area contributed by atoms with E-state index in [-0.39, 0.29) is 0 Å². The number of rotatable bonds is 2. The molecule has 0 saturated heterocycles. The van der Waals surface area contributed by atoms with Crippen LogP contribution in [0.15, 0.2) is 71.1 Å². The zero-order valence-electron chi connectivity index (χ0n) is 13.0. The minimum Gasteiger partial charge on any atom is -0.455 e. The summed E-state index contributed by atoms with van der Waals surface area (Å²) < 4.78 is 6.19. The lowest BCUT2D eigenvalue weighted by Gasteiger charge is -2.05. The van der Waals surface area contributed by atoms with Crippen LogP contribution in [0.25, 0.3) is 33.4 Å². The van der Waals surface area contributed by atoms with Crippen molar-refractivity contribution in [1.82, 2.24) is 0 Å². The summed E-state index contributed by atoms with van der Waals surface area (Å²) in [4.78, 5) is 0. The number of benzene rings is 3. The lowest BCUT2D eigenvalue weighted by Crippen LogP contribution is -1.81. The molecule has 1 heterocycles. The third-order valence-electron chi connectivity index (χ3n) is 4.08. The van der Waals surface area contributed by atoms with E-state index < -0.39 is 0 Å². The van der Waals surface area contributed by atoms with Crippen molar-refractivity contribution < 1.29 is 4.42 Å². The molecule has 0 saturated carbocycles. The molecule has 0 fully saturated rings. The zero-order chi connectivity index (χ0) is 16.7. The van der Waals surface area contributed by atoms with Crippen molar-refractivity contribution in [2.24, 2.45) is 0 Å². The van der Waals surface area contributed by atoms with E-state index in [1.165, 1.54) is 5.56 Å². The van der Waals surface area contributed by atoms with Crippen LogP contribution >= 0.6 is 23.2 Å². The van der Waals surface area contributed by atoms with Crippen molar-refractivity contribution in [3.05, 3.63) is 82.3 Å². The SMILES string of the molecule is Cc1ccc2oc(-c3ccc(Cl)cc3)c(-c3ccc(Cl)cc3)c2c1. The van der Waals surface area contributed by atoms with Gasteiger partial charge in [-0.1, -0.05) is 47.0 Å². The van der Waals surface area contributed by atoms with Gasteiger partial charge in [0.25, 0.3) is 0 Å². The fraction of sp³-hybridized carbons (Fsp3) is 0.0476. The van der Waals surface area contributed by atoms with Gasteiger partial charge >= 0.3 is 0 Å². The van der Waals surface area contributed by atoms with Crippen molar-refractivity contribution >= 4 is 34.2 Å². The monoisotopic (exact) mass is 352 g/mol. The second kappa shape index (κ2) is 6.01. The second-order valence-electron chi connectivity index (χ2n) is 5.82. The van der Waals surface area contributed by atoms with Crippen LogP contribution in [0.4, 0.5) is 0 Å². The molecule has 0 bridgehead atoms. The van der Waals surface area contributed by atoms with Crippen LogP contribution in [0.3, 0.4) is 0 Å². The molecular formula is C21H14Cl2O. The molecule has 0 amide bonds. The van der Waals surface area contributed by atoms with Gasteiger partial charge in [0, 0.05) is 26.6 Å². The van der Waals surface area contributed by atoms with E-state index in [2.05, 4.69) is 19.1 Å². The Balaban J connectivity index is 2.03. The van der Waals surface area contributed by atoms with E-state index in [0.717, 1.165) is 38.4 Å². The first-order valence-corrected chi connectivity index (χ1v) is 8.42. The highest BCUT2D eigenvalue weighted by atomic mass is 35.5. The molecule has 0 aliphatic rings. The Hall–Kier alpha value is -2.22. The first-order valence-electron chi connectivity index (χ1n) is 7.67. The number of hydrogen-bond donors (Lipinski definition) is 0. The van der Waals surface area contributed by atoms with E-state index >= 15 is 0 Å². The van der Waals surface area contributed by atoms with Crippen molar-refractivity contribution in [3.63, 3.8) is 0 Å². The summed E-state index contributed by atoms with van der Waals surface area (Å²) in [6, 6.07) is 21.8. The summed E-state index contributed by atoms with van der Waals surface area (Å²) in [5.74, 6) is 0.842. The van der Waals surface area contributed by atoms with Crippen LogP contribution in [-0.4, -0.2) is 0 Å². The number of hydrogen-bond acceptors (Lipinski definition) is 1. The molecule has 0 spiro atoms. The number of halogens is 2. The molecule has 0 atom stereocenters. The second-order valence-corrected chi connectivity index (χ2v) is 6.69. The molecule has 0 aliphatic heterocycles. The maximum Gasteiger partial charge on any atom is 0.143 e. The molecule has 1 nitrogen and oxygen atoms in total. The zero-order valence-corrected chi connectivity index (χ0v) is 14.5. The molecule has 0 radical (unpaired) electrons. The summed E-state index contributed by atoms with van der Waals surface area (Å²) in [5.41, 5.74) is 5.22. The highest BCUT2D eigenvalue weighted by molar-refractivity contribution is 6.31. The summed E-state index contributed by atoms with van der Waals surface area (Å²) >= 11 is 12.1. The molecule has 0 aliphatic carbocycles. The maximum atomic E-state index is 6.19. The minimum absolute atomic E-state index is 0.707. The Morgan fingerprint density at radius 3 is 1.92 bits per heavy atom. The summed E-state index contributed by atoms with van der Waals surface area (Å²) in [5, 5.41) is 2.52. The topological polar surface area (TPSA) is 13.1 Å². The summed E-state index contributed by atoms with van der Waals surface area (Å²) in [6.07, 6.45) is 0. The molecule has 3 aromatic carbocycles. The molecule has 0 unspecified atom stereocenters. The largest absolute Gasteiger partial charge is 0.455 e. The summed E-state index contributed by atoms with van der Waals surface area (Å²) in [7, 11) is 0. The average Bonchev–Trinajstić information content (AvgIpc) is 2.95. The van der Waals surface area contributed by atoms with Crippen molar-refractivity contribution in [2.75, 3.05) is 0 Å². The van der Waals surface area contributed by atoms with Crippen LogP contribution in [0.2, 0.25) is 10.0 Å². The van der Waals surface area contributed by atoms with Gasteiger partial charge in [0.15, 0.2) is 0 Å². The Morgan fingerprint density at radius 1 is 0.708 bits per heavy atom. The van der Waals surface area contributed by atoms with Crippen molar-refractivity contribution in [1.29, 1.82) is 0 Å². The highest BCUT2D eigenvalue weighted by Gasteiger charge is 2.17. The molecule has 0 N–H and O–H groups in total. The predicted octanol–water partition coefficient (Wildman–Crippen LogP) is 7.38. The van der Waals surface area contributed by atoms with Gasteiger partial charge in [0.2, 0.25) is 0 Å². The normalized spacial score (nSPS) is 11.1. The quantitative estimate of drug-likeness (QED) is 0.366. The van der Waals surface area contributed by atoms with E-state index in [1.54, 1.807) is 0 Å². The number of furan rings is 1. The molecular weight excluding hydrogens is 339 g/mol. The van der Waals surface area contributed by atoms with Crippen LogP contribution in [0.1, 0.15) is 5.56 Å². The molecule has 4 aromatic rings. The van der Waals surface area contributed by atoms with E-state index in [0.29, 0.717) is 5.02 Å². The molecule has 3 heteroatoms. The fourth-order valence-corrected chi connectivity index (χ4v) is 3.17. The smallest absolute Gasteiger partial charge is 0.143 e. The lowest BCUT2D eigenvalue weighted by molar-refractivity contribution is 0.632. The highest BCUT2D eigenvalue weighted by Crippen LogP contribution is 2.41. The first-order chi connectivity index (χ1) is 11.6. The Bertz CT molecular complexity index is 1010. The lowest BCUT2D eigenvalue weighted by atomic mass is 9.98. The van der Waals surface area contributed by atoms with Crippen molar-refractivity contribution in [3.8, 4) is 22.5 Å².